The Balaban J connectivity index is 2.47. The zero-order valence-electron chi connectivity index (χ0n) is 12.0. The van der Waals surface area contributed by atoms with Gasteiger partial charge in [0.1, 0.15) is 0 Å². The zero-order chi connectivity index (χ0) is 15.0. The first-order valence-electron chi connectivity index (χ1n) is 6.25. The number of nitrogens with zero attached hydrogens (tertiary/aromatic N) is 1. The van der Waals surface area contributed by atoms with E-state index in [0.29, 0.717) is 24.3 Å². The third kappa shape index (κ3) is 6.03. The van der Waals surface area contributed by atoms with E-state index in [1.165, 1.54) is 6.92 Å². The molecule has 20 heavy (non-hydrogen) atoms. The van der Waals surface area contributed by atoms with Crippen LogP contribution >= 0.6 is 0 Å². The van der Waals surface area contributed by atoms with Crippen molar-refractivity contribution in [2.75, 3.05) is 32.5 Å². The highest BCUT2D eigenvalue weighted by molar-refractivity contribution is 5.95. The van der Waals surface area contributed by atoms with Crippen molar-refractivity contribution in [1.82, 2.24) is 10.2 Å². The van der Waals surface area contributed by atoms with E-state index in [1.807, 2.05) is 19.0 Å². The lowest BCUT2D eigenvalue weighted by atomic mass is 10.2. The number of anilines is 1. The van der Waals surface area contributed by atoms with Crippen LogP contribution in [0.25, 0.3) is 0 Å². The molecule has 0 atom stereocenters. The van der Waals surface area contributed by atoms with Crippen LogP contribution in [0, 0.1) is 11.8 Å². The molecule has 1 aromatic rings. The fourth-order valence-corrected chi connectivity index (χ4v) is 1.41. The minimum atomic E-state index is -0.182. The highest BCUT2D eigenvalue weighted by Crippen LogP contribution is 2.09. The predicted octanol–water partition coefficient (Wildman–Crippen LogP) is 0.940. The molecule has 1 rings (SSSR count). The van der Waals surface area contributed by atoms with Crippen molar-refractivity contribution in [3.05, 3.63) is 29.8 Å². The number of rotatable bonds is 4. The van der Waals surface area contributed by atoms with Crippen LogP contribution in [0.3, 0.4) is 0 Å². The minimum Gasteiger partial charge on any atom is -0.341 e. The van der Waals surface area contributed by atoms with E-state index < -0.39 is 0 Å². The Labute approximate surface area is 119 Å². The number of hydrogen-bond acceptors (Lipinski definition) is 3. The summed E-state index contributed by atoms with van der Waals surface area (Å²) in [6.45, 7) is 2.43. The molecule has 5 heteroatoms. The predicted molar refractivity (Wildman–Crippen MR) is 79.4 cm³/mol. The van der Waals surface area contributed by atoms with Gasteiger partial charge < -0.3 is 10.6 Å². The Hall–Kier alpha value is -2.32. The average molecular weight is 273 g/mol. The standard InChI is InChI=1S/C15H19N3O2/c1-12(19)17-14-8-6-13(7-9-14)15(20)16-10-4-5-11-18(2)3/h6-9H,10-11H2,1-3H3,(H,16,20)(H,17,19). The molecule has 0 radical (unpaired) electrons. The van der Waals surface area contributed by atoms with Crippen LogP contribution in [0.15, 0.2) is 24.3 Å². The summed E-state index contributed by atoms with van der Waals surface area (Å²) >= 11 is 0. The topological polar surface area (TPSA) is 61.4 Å². The van der Waals surface area contributed by atoms with Gasteiger partial charge in [0.2, 0.25) is 5.91 Å². The minimum absolute atomic E-state index is 0.140. The zero-order valence-corrected chi connectivity index (χ0v) is 12.0. The maximum atomic E-state index is 11.8. The molecule has 0 unspecified atom stereocenters. The van der Waals surface area contributed by atoms with E-state index in [2.05, 4.69) is 22.5 Å². The number of carbonyl (C=O) groups is 2. The summed E-state index contributed by atoms with van der Waals surface area (Å²) in [4.78, 5) is 24.6. The van der Waals surface area contributed by atoms with Gasteiger partial charge in [-0.1, -0.05) is 11.8 Å². The third-order valence-corrected chi connectivity index (χ3v) is 2.33. The van der Waals surface area contributed by atoms with Crippen LogP contribution in [0.1, 0.15) is 17.3 Å². The summed E-state index contributed by atoms with van der Waals surface area (Å²) < 4.78 is 0. The van der Waals surface area contributed by atoms with Gasteiger partial charge in [0.15, 0.2) is 0 Å². The molecule has 0 aliphatic heterocycles. The molecule has 0 bridgehead atoms. The van der Waals surface area contributed by atoms with Gasteiger partial charge in [-0.25, -0.2) is 0 Å². The molecule has 0 spiro atoms. The van der Waals surface area contributed by atoms with Gasteiger partial charge in [-0.3, -0.25) is 14.5 Å². The largest absolute Gasteiger partial charge is 0.341 e. The molecule has 0 aromatic heterocycles. The van der Waals surface area contributed by atoms with E-state index in [4.69, 9.17) is 0 Å². The molecule has 0 heterocycles. The van der Waals surface area contributed by atoms with Crippen molar-refractivity contribution in [1.29, 1.82) is 0 Å². The molecule has 0 saturated carbocycles. The van der Waals surface area contributed by atoms with Crippen molar-refractivity contribution in [3.8, 4) is 11.8 Å². The molecule has 1 aromatic carbocycles. The molecule has 0 saturated heterocycles. The van der Waals surface area contributed by atoms with E-state index in [0.717, 1.165) is 0 Å². The second-order valence-corrected chi connectivity index (χ2v) is 4.53. The van der Waals surface area contributed by atoms with E-state index >= 15 is 0 Å². The Bertz CT molecular complexity index is 524. The van der Waals surface area contributed by atoms with Crippen molar-refractivity contribution >= 4 is 17.5 Å². The number of hydrogen-bond donors (Lipinski definition) is 2. The Morgan fingerprint density at radius 1 is 1.15 bits per heavy atom. The summed E-state index contributed by atoms with van der Waals surface area (Å²) in [5.74, 6) is 5.49. The second kappa shape index (κ2) is 7.97. The van der Waals surface area contributed by atoms with Crippen LogP contribution in [0.5, 0.6) is 0 Å². The lowest BCUT2D eigenvalue weighted by Gasteiger charge is -2.04. The summed E-state index contributed by atoms with van der Waals surface area (Å²) in [6, 6.07) is 6.70. The first-order valence-corrected chi connectivity index (χ1v) is 6.25. The Morgan fingerprint density at radius 3 is 2.35 bits per heavy atom. The summed E-state index contributed by atoms with van der Waals surface area (Å²) in [6.07, 6.45) is 0. The molecule has 5 nitrogen and oxygen atoms in total. The van der Waals surface area contributed by atoms with Gasteiger partial charge in [-0.15, -0.1) is 0 Å². The van der Waals surface area contributed by atoms with Crippen LogP contribution < -0.4 is 10.6 Å². The maximum Gasteiger partial charge on any atom is 0.252 e. The van der Waals surface area contributed by atoms with Crippen molar-refractivity contribution in [2.24, 2.45) is 0 Å². The number of amides is 2. The first-order chi connectivity index (χ1) is 9.49. The van der Waals surface area contributed by atoms with E-state index in [9.17, 15) is 9.59 Å². The SMILES string of the molecule is CC(=O)Nc1ccc(C(=O)NCC#CCN(C)C)cc1. The number of benzene rings is 1. The molecule has 0 aliphatic carbocycles. The van der Waals surface area contributed by atoms with E-state index in [-0.39, 0.29) is 11.8 Å². The Morgan fingerprint density at radius 2 is 1.80 bits per heavy atom. The fourth-order valence-electron chi connectivity index (χ4n) is 1.41. The molecular formula is C15H19N3O2. The van der Waals surface area contributed by atoms with E-state index in [1.54, 1.807) is 24.3 Å². The molecule has 106 valence electrons. The molecule has 0 aliphatic rings. The van der Waals surface area contributed by atoms with Gasteiger partial charge in [0.05, 0.1) is 13.1 Å². The van der Waals surface area contributed by atoms with Gasteiger partial charge in [-0.2, -0.15) is 0 Å². The van der Waals surface area contributed by atoms with Crippen LogP contribution in [-0.4, -0.2) is 43.9 Å². The summed E-state index contributed by atoms with van der Waals surface area (Å²) in [5.41, 5.74) is 1.20. The lowest BCUT2D eigenvalue weighted by molar-refractivity contribution is -0.114. The summed E-state index contributed by atoms with van der Waals surface area (Å²) in [5, 5.41) is 5.36. The van der Waals surface area contributed by atoms with Crippen LogP contribution in [0.2, 0.25) is 0 Å². The lowest BCUT2D eigenvalue weighted by Crippen LogP contribution is -2.23. The van der Waals surface area contributed by atoms with Crippen molar-refractivity contribution in [2.45, 2.75) is 6.92 Å². The van der Waals surface area contributed by atoms with Gasteiger partial charge >= 0.3 is 0 Å². The number of nitrogens with one attached hydrogen (secondary N) is 2. The Kier molecular flexibility index (Phi) is 6.27. The fraction of sp³-hybridized carbons (Fsp3) is 0.333. The molecular weight excluding hydrogens is 254 g/mol. The average Bonchev–Trinajstić information content (AvgIpc) is 2.38. The van der Waals surface area contributed by atoms with Gasteiger partial charge in [-0.05, 0) is 38.4 Å². The third-order valence-electron chi connectivity index (χ3n) is 2.33. The first kappa shape index (κ1) is 15.7. The van der Waals surface area contributed by atoms with Crippen LogP contribution in [0.4, 0.5) is 5.69 Å². The normalized spacial score (nSPS) is 9.60. The quantitative estimate of drug-likeness (QED) is 0.803. The highest BCUT2D eigenvalue weighted by Gasteiger charge is 2.04. The summed E-state index contributed by atoms with van der Waals surface area (Å²) in [7, 11) is 3.87. The second-order valence-electron chi connectivity index (χ2n) is 4.53. The molecule has 0 fully saturated rings. The smallest absolute Gasteiger partial charge is 0.252 e. The maximum absolute atomic E-state index is 11.8. The van der Waals surface area contributed by atoms with Crippen molar-refractivity contribution in [3.63, 3.8) is 0 Å². The van der Waals surface area contributed by atoms with Crippen molar-refractivity contribution < 1.29 is 9.59 Å². The van der Waals surface area contributed by atoms with Gasteiger partial charge in [0, 0.05) is 18.2 Å². The molecule has 2 amide bonds. The van der Waals surface area contributed by atoms with Gasteiger partial charge in [0.25, 0.3) is 5.91 Å². The molecule has 2 N–H and O–H groups in total. The monoisotopic (exact) mass is 273 g/mol. The highest BCUT2D eigenvalue weighted by atomic mass is 16.2. The number of carbonyl (C=O) groups excluding carboxylic acids is 2. The van der Waals surface area contributed by atoms with Crippen LogP contribution in [-0.2, 0) is 4.79 Å².